The summed E-state index contributed by atoms with van der Waals surface area (Å²) in [4.78, 5) is 12.1. The lowest BCUT2D eigenvalue weighted by molar-refractivity contribution is -0.142. The van der Waals surface area contributed by atoms with Crippen LogP contribution in [-0.2, 0) is 9.53 Å². The van der Waals surface area contributed by atoms with Crippen molar-refractivity contribution in [2.75, 3.05) is 28.4 Å². The molecule has 0 spiro atoms. The third-order valence-electron chi connectivity index (χ3n) is 4.08. The maximum atomic E-state index is 12.1. The quantitative estimate of drug-likeness (QED) is 0.776. The molecule has 2 N–H and O–H groups in total. The minimum Gasteiger partial charge on any atom is -0.497 e. The lowest BCUT2D eigenvalue weighted by Gasteiger charge is -2.25. The normalized spacial score (nSPS) is 12.8. The first kappa shape index (κ1) is 18.6. The first-order valence-electron chi connectivity index (χ1n) is 7.75. The van der Waals surface area contributed by atoms with E-state index in [4.69, 9.17) is 24.7 Å². The smallest absolute Gasteiger partial charge is 0.323 e. The molecule has 2 aromatic rings. The van der Waals surface area contributed by atoms with Gasteiger partial charge in [-0.1, -0.05) is 18.2 Å². The van der Waals surface area contributed by atoms with Gasteiger partial charge >= 0.3 is 5.97 Å². The number of benzene rings is 2. The average Bonchev–Trinajstić information content (AvgIpc) is 2.67. The summed E-state index contributed by atoms with van der Waals surface area (Å²) in [6.07, 6.45) is 0. The number of ether oxygens (including phenoxy) is 4. The molecule has 0 radical (unpaired) electrons. The SMILES string of the molecule is COC(=O)[C@@H](N)[C@@H](c1ccc(OC)cc1)c1ccc(OC)cc1OC. The predicted octanol–water partition coefficient (Wildman–Crippen LogP) is 2.34. The van der Waals surface area contributed by atoms with Crippen LogP contribution >= 0.6 is 0 Å². The van der Waals surface area contributed by atoms with E-state index in [0.29, 0.717) is 11.5 Å². The van der Waals surface area contributed by atoms with Crippen LogP contribution < -0.4 is 19.9 Å². The topological polar surface area (TPSA) is 80.0 Å². The molecule has 0 saturated heterocycles. The molecule has 6 nitrogen and oxygen atoms in total. The van der Waals surface area contributed by atoms with Crippen molar-refractivity contribution in [3.05, 3.63) is 53.6 Å². The van der Waals surface area contributed by atoms with E-state index >= 15 is 0 Å². The maximum absolute atomic E-state index is 12.1. The highest BCUT2D eigenvalue weighted by molar-refractivity contribution is 5.78. The average molecular weight is 345 g/mol. The summed E-state index contributed by atoms with van der Waals surface area (Å²) < 4.78 is 20.8. The van der Waals surface area contributed by atoms with E-state index < -0.39 is 17.9 Å². The second kappa shape index (κ2) is 8.39. The summed E-state index contributed by atoms with van der Waals surface area (Å²) in [5, 5.41) is 0. The van der Waals surface area contributed by atoms with Crippen LogP contribution in [0.15, 0.2) is 42.5 Å². The van der Waals surface area contributed by atoms with Gasteiger partial charge in [0.15, 0.2) is 0 Å². The van der Waals surface area contributed by atoms with Gasteiger partial charge in [0.2, 0.25) is 0 Å². The van der Waals surface area contributed by atoms with Crippen molar-refractivity contribution in [3.8, 4) is 17.2 Å². The molecule has 2 atom stereocenters. The van der Waals surface area contributed by atoms with Crippen LogP contribution in [0.5, 0.6) is 17.2 Å². The Morgan fingerprint density at radius 2 is 1.48 bits per heavy atom. The van der Waals surface area contributed by atoms with Gasteiger partial charge in [0, 0.05) is 17.5 Å². The molecule has 0 unspecified atom stereocenters. The fraction of sp³-hybridized carbons (Fsp3) is 0.316. The first-order chi connectivity index (χ1) is 12.0. The van der Waals surface area contributed by atoms with E-state index in [1.807, 2.05) is 30.3 Å². The number of carbonyl (C=O) groups is 1. The summed E-state index contributed by atoms with van der Waals surface area (Å²) in [6.45, 7) is 0. The Morgan fingerprint density at radius 3 is 2.00 bits per heavy atom. The maximum Gasteiger partial charge on any atom is 0.323 e. The van der Waals surface area contributed by atoms with Gasteiger partial charge in [0.25, 0.3) is 0 Å². The first-order valence-corrected chi connectivity index (χ1v) is 7.75. The second-order valence-electron chi connectivity index (χ2n) is 5.41. The summed E-state index contributed by atoms with van der Waals surface area (Å²) in [7, 11) is 6.06. The molecular formula is C19H23NO5. The molecule has 0 aliphatic heterocycles. The Morgan fingerprint density at radius 1 is 0.880 bits per heavy atom. The van der Waals surface area contributed by atoms with E-state index in [0.717, 1.165) is 16.9 Å². The molecule has 0 amide bonds. The Bertz CT molecular complexity index is 714. The minimum atomic E-state index is -0.888. The number of hydrogen-bond acceptors (Lipinski definition) is 6. The van der Waals surface area contributed by atoms with Gasteiger partial charge in [0.05, 0.1) is 28.4 Å². The van der Waals surface area contributed by atoms with E-state index in [2.05, 4.69) is 0 Å². The fourth-order valence-corrected chi connectivity index (χ4v) is 2.74. The number of rotatable bonds is 7. The molecule has 0 bridgehead atoms. The zero-order valence-corrected chi connectivity index (χ0v) is 14.8. The number of esters is 1. The van der Waals surface area contributed by atoms with Crippen molar-refractivity contribution in [1.82, 2.24) is 0 Å². The molecule has 25 heavy (non-hydrogen) atoms. The standard InChI is InChI=1S/C19H23NO5/c1-22-13-7-5-12(6-8-13)17(18(20)19(21)25-4)15-10-9-14(23-2)11-16(15)24-3/h5-11,17-18H,20H2,1-4H3/t17-,18-/m0/s1. The van der Waals surface area contributed by atoms with E-state index in [-0.39, 0.29) is 0 Å². The van der Waals surface area contributed by atoms with Crippen LogP contribution in [0.1, 0.15) is 17.0 Å². The lowest BCUT2D eigenvalue weighted by atomic mass is 9.84. The molecule has 0 heterocycles. The zero-order chi connectivity index (χ0) is 18.4. The minimum absolute atomic E-state index is 0.445. The number of carbonyl (C=O) groups excluding carboxylic acids is 1. The molecule has 0 aromatic heterocycles. The fourth-order valence-electron chi connectivity index (χ4n) is 2.74. The van der Waals surface area contributed by atoms with Gasteiger partial charge in [-0.2, -0.15) is 0 Å². The molecule has 2 rings (SSSR count). The molecule has 2 aromatic carbocycles. The summed E-state index contributed by atoms with van der Waals surface area (Å²) >= 11 is 0. The second-order valence-corrected chi connectivity index (χ2v) is 5.41. The molecule has 0 fully saturated rings. The van der Waals surface area contributed by atoms with Crippen LogP contribution in [-0.4, -0.2) is 40.5 Å². The zero-order valence-electron chi connectivity index (χ0n) is 14.8. The predicted molar refractivity (Wildman–Crippen MR) is 94.4 cm³/mol. The molecule has 0 saturated carbocycles. The van der Waals surface area contributed by atoms with Crippen LogP contribution in [0.3, 0.4) is 0 Å². The number of methoxy groups -OCH3 is 4. The van der Waals surface area contributed by atoms with E-state index in [1.54, 1.807) is 33.5 Å². The molecule has 134 valence electrons. The molecule has 0 aliphatic rings. The van der Waals surface area contributed by atoms with Crippen molar-refractivity contribution >= 4 is 5.97 Å². The van der Waals surface area contributed by atoms with Gasteiger partial charge < -0.3 is 24.7 Å². The lowest BCUT2D eigenvalue weighted by Crippen LogP contribution is -2.38. The molecule has 6 heteroatoms. The summed E-state index contributed by atoms with van der Waals surface area (Å²) in [6, 6.07) is 11.9. The summed E-state index contributed by atoms with van der Waals surface area (Å²) in [5.74, 6) is 1.01. The molecular weight excluding hydrogens is 322 g/mol. The van der Waals surface area contributed by atoms with Crippen molar-refractivity contribution in [3.63, 3.8) is 0 Å². The van der Waals surface area contributed by atoms with Gasteiger partial charge in [0.1, 0.15) is 23.3 Å². The van der Waals surface area contributed by atoms with Crippen LogP contribution in [0, 0.1) is 0 Å². The van der Waals surface area contributed by atoms with Crippen molar-refractivity contribution in [1.29, 1.82) is 0 Å². The van der Waals surface area contributed by atoms with Crippen molar-refractivity contribution < 1.29 is 23.7 Å². The Balaban J connectivity index is 2.56. The third-order valence-corrected chi connectivity index (χ3v) is 4.08. The summed E-state index contributed by atoms with van der Waals surface area (Å²) in [5.41, 5.74) is 7.83. The number of nitrogens with two attached hydrogens (primary N) is 1. The van der Waals surface area contributed by atoms with Gasteiger partial charge in [-0.25, -0.2) is 0 Å². The largest absolute Gasteiger partial charge is 0.497 e. The van der Waals surface area contributed by atoms with Crippen LogP contribution in [0.4, 0.5) is 0 Å². The number of hydrogen-bond donors (Lipinski definition) is 1. The Labute approximate surface area is 147 Å². The molecule has 0 aliphatic carbocycles. The Hall–Kier alpha value is -2.73. The van der Waals surface area contributed by atoms with Crippen molar-refractivity contribution in [2.24, 2.45) is 5.73 Å². The van der Waals surface area contributed by atoms with Crippen LogP contribution in [0.2, 0.25) is 0 Å². The highest BCUT2D eigenvalue weighted by atomic mass is 16.5. The highest BCUT2D eigenvalue weighted by Crippen LogP contribution is 2.37. The van der Waals surface area contributed by atoms with Gasteiger partial charge in [-0.05, 0) is 23.8 Å². The Kier molecular flexibility index (Phi) is 6.25. The highest BCUT2D eigenvalue weighted by Gasteiger charge is 2.31. The third kappa shape index (κ3) is 4.03. The monoisotopic (exact) mass is 345 g/mol. The van der Waals surface area contributed by atoms with E-state index in [1.165, 1.54) is 7.11 Å². The van der Waals surface area contributed by atoms with Crippen molar-refractivity contribution in [2.45, 2.75) is 12.0 Å². The van der Waals surface area contributed by atoms with Gasteiger partial charge in [-0.3, -0.25) is 4.79 Å². The van der Waals surface area contributed by atoms with Gasteiger partial charge in [-0.15, -0.1) is 0 Å². The van der Waals surface area contributed by atoms with Crippen LogP contribution in [0.25, 0.3) is 0 Å². The van der Waals surface area contributed by atoms with E-state index in [9.17, 15) is 4.79 Å².